The van der Waals surface area contributed by atoms with Gasteiger partial charge in [-0.25, -0.2) is 0 Å². The summed E-state index contributed by atoms with van der Waals surface area (Å²) in [5.74, 6) is -0.810. The molecule has 12 heavy (non-hydrogen) atoms. The number of rotatable bonds is 6. The summed E-state index contributed by atoms with van der Waals surface area (Å²) < 4.78 is 25.5. The molecule has 0 saturated heterocycles. The number of unbranched alkanes of at least 4 members (excludes halogenated alkanes) is 1. The average molecular weight is 212 g/mol. The SMILES string of the molecule is CCCCC(=O)CS(=O)(=O)OP. The maximum atomic E-state index is 10.9. The van der Waals surface area contributed by atoms with E-state index >= 15 is 0 Å². The monoisotopic (exact) mass is 212 g/mol. The van der Waals surface area contributed by atoms with E-state index in [9.17, 15) is 13.2 Å². The normalized spacial score (nSPS) is 11.5. The summed E-state index contributed by atoms with van der Waals surface area (Å²) in [6, 6.07) is 0. The number of hydrogen-bond donors (Lipinski definition) is 0. The van der Waals surface area contributed by atoms with Gasteiger partial charge in [0.25, 0.3) is 10.1 Å². The summed E-state index contributed by atoms with van der Waals surface area (Å²) in [5, 5.41) is 0. The van der Waals surface area contributed by atoms with Gasteiger partial charge < -0.3 is 0 Å². The van der Waals surface area contributed by atoms with Crippen LogP contribution in [-0.2, 0) is 18.9 Å². The molecule has 0 rings (SSSR count). The predicted octanol–water partition coefficient (Wildman–Crippen LogP) is 0.882. The minimum atomic E-state index is -3.64. The molecular weight excluding hydrogens is 199 g/mol. The summed E-state index contributed by atoms with van der Waals surface area (Å²) in [6.07, 6.45) is 1.92. The minimum Gasteiger partial charge on any atom is -0.298 e. The second-order valence-electron chi connectivity index (χ2n) is 2.44. The first-order valence-electron chi connectivity index (χ1n) is 3.64. The highest BCUT2D eigenvalue weighted by Crippen LogP contribution is 2.03. The maximum Gasteiger partial charge on any atom is 0.277 e. The van der Waals surface area contributed by atoms with Gasteiger partial charge in [0, 0.05) is 15.9 Å². The van der Waals surface area contributed by atoms with E-state index in [1.165, 1.54) is 0 Å². The molecule has 0 bridgehead atoms. The van der Waals surface area contributed by atoms with Crippen molar-refractivity contribution in [1.29, 1.82) is 0 Å². The highest BCUT2D eigenvalue weighted by molar-refractivity contribution is 7.89. The lowest BCUT2D eigenvalue weighted by Crippen LogP contribution is -2.15. The van der Waals surface area contributed by atoms with Crippen LogP contribution < -0.4 is 0 Å². The van der Waals surface area contributed by atoms with Crippen LogP contribution in [0.2, 0.25) is 0 Å². The Hall–Kier alpha value is 0.01000. The average Bonchev–Trinajstić information content (AvgIpc) is 2.00. The third-order valence-electron chi connectivity index (χ3n) is 1.29. The molecule has 0 fully saturated rings. The molecule has 0 aliphatic rings. The van der Waals surface area contributed by atoms with Crippen molar-refractivity contribution < 1.29 is 17.2 Å². The molecule has 72 valence electrons. The molecule has 0 amide bonds. The van der Waals surface area contributed by atoms with E-state index in [-0.39, 0.29) is 5.78 Å². The van der Waals surface area contributed by atoms with Crippen LogP contribution in [0, 0.1) is 0 Å². The molecule has 6 heteroatoms. The van der Waals surface area contributed by atoms with Gasteiger partial charge in [-0.15, -0.1) is 0 Å². The lowest BCUT2D eigenvalue weighted by molar-refractivity contribution is -0.116. The van der Waals surface area contributed by atoms with E-state index in [1.54, 1.807) is 9.47 Å². The van der Waals surface area contributed by atoms with Crippen molar-refractivity contribution in [2.45, 2.75) is 26.2 Å². The molecule has 0 aliphatic carbocycles. The zero-order valence-electron chi connectivity index (χ0n) is 6.95. The molecular formula is C6H13O4PS. The fourth-order valence-electron chi connectivity index (χ4n) is 0.677. The Balaban J connectivity index is 3.85. The van der Waals surface area contributed by atoms with Crippen molar-refractivity contribution in [2.24, 2.45) is 0 Å². The molecule has 0 aromatic carbocycles. The van der Waals surface area contributed by atoms with E-state index < -0.39 is 15.9 Å². The van der Waals surface area contributed by atoms with Crippen molar-refractivity contribution in [3.63, 3.8) is 0 Å². The van der Waals surface area contributed by atoms with Crippen LogP contribution in [0.1, 0.15) is 26.2 Å². The van der Waals surface area contributed by atoms with Gasteiger partial charge >= 0.3 is 0 Å². The van der Waals surface area contributed by atoms with E-state index in [2.05, 4.69) is 3.97 Å². The predicted molar refractivity (Wildman–Crippen MR) is 49.1 cm³/mol. The molecule has 4 nitrogen and oxygen atoms in total. The van der Waals surface area contributed by atoms with Crippen LogP contribution in [0.5, 0.6) is 0 Å². The molecule has 0 aromatic heterocycles. The summed E-state index contributed by atoms with van der Waals surface area (Å²) in [5.41, 5.74) is 0. The Labute approximate surface area is 75.1 Å². The minimum absolute atomic E-state index is 0.292. The smallest absolute Gasteiger partial charge is 0.277 e. The summed E-state index contributed by atoms with van der Waals surface area (Å²) in [6.45, 7) is 1.94. The Morgan fingerprint density at radius 2 is 2.08 bits per heavy atom. The third kappa shape index (κ3) is 5.63. The first-order valence-corrected chi connectivity index (χ1v) is 5.69. The molecule has 0 heterocycles. The number of ketones is 1. The van der Waals surface area contributed by atoms with Crippen molar-refractivity contribution in [3.05, 3.63) is 0 Å². The molecule has 0 spiro atoms. The van der Waals surface area contributed by atoms with Crippen molar-refractivity contribution in [3.8, 4) is 0 Å². The first-order chi connectivity index (χ1) is 5.52. The van der Waals surface area contributed by atoms with Crippen LogP contribution in [0.15, 0.2) is 0 Å². The Morgan fingerprint density at radius 3 is 2.50 bits per heavy atom. The van der Waals surface area contributed by atoms with E-state index in [1.807, 2.05) is 6.92 Å². The van der Waals surface area contributed by atoms with Gasteiger partial charge in [0.1, 0.15) is 11.5 Å². The first kappa shape index (κ1) is 12.0. The second kappa shape index (κ2) is 5.62. The van der Waals surface area contributed by atoms with Gasteiger partial charge in [0.2, 0.25) is 0 Å². The van der Waals surface area contributed by atoms with Crippen LogP contribution in [0.3, 0.4) is 0 Å². The van der Waals surface area contributed by atoms with Crippen molar-refractivity contribution >= 4 is 25.4 Å². The maximum absolute atomic E-state index is 10.9. The molecule has 1 atom stereocenters. The molecule has 0 saturated carbocycles. The molecule has 0 radical (unpaired) electrons. The number of Topliss-reactive ketones (excluding diaryl/α,β-unsaturated/α-hetero) is 1. The van der Waals surface area contributed by atoms with Gasteiger partial charge in [0.05, 0.1) is 0 Å². The number of carbonyl (C=O) groups excluding carboxylic acids is 1. The summed E-state index contributed by atoms with van der Waals surface area (Å²) >= 11 is 0. The van der Waals surface area contributed by atoms with Gasteiger partial charge in [-0.1, -0.05) is 13.3 Å². The second-order valence-corrected chi connectivity index (χ2v) is 4.61. The standard InChI is InChI=1S/C6H13O4PS/c1-2-3-4-6(7)5-12(8,9)10-11/h2-5,11H2,1H3. The quantitative estimate of drug-likeness (QED) is 0.613. The van der Waals surface area contributed by atoms with E-state index in [4.69, 9.17) is 0 Å². The molecule has 0 N–H and O–H groups in total. The van der Waals surface area contributed by atoms with Gasteiger partial charge in [-0.2, -0.15) is 8.42 Å². The third-order valence-corrected chi connectivity index (χ3v) is 3.14. The van der Waals surface area contributed by atoms with Crippen LogP contribution in [0.25, 0.3) is 0 Å². The zero-order chi connectivity index (χ0) is 9.61. The van der Waals surface area contributed by atoms with Crippen molar-refractivity contribution in [2.75, 3.05) is 5.75 Å². The highest BCUT2D eigenvalue weighted by Gasteiger charge is 2.14. The lowest BCUT2D eigenvalue weighted by Gasteiger charge is -1.99. The fraction of sp³-hybridized carbons (Fsp3) is 0.833. The largest absolute Gasteiger partial charge is 0.298 e. The van der Waals surface area contributed by atoms with Crippen LogP contribution >= 0.6 is 9.47 Å². The van der Waals surface area contributed by atoms with Crippen LogP contribution in [0.4, 0.5) is 0 Å². The summed E-state index contributed by atoms with van der Waals surface area (Å²) in [4.78, 5) is 10.9. The van der Waals surface area contributed by atoms with Gasteiger partial charge in [0.15, 0.2) is 0 Å². The Bertz CT molecular complexity index is 234. The molecule has 0 aliphatic heterocycles. The summed E-state index contributed by atoms with van der Waals surface area (Å²) in [7, 11) is -2.01. The molecule has 1 unspecified atom stereocenters. The van der Waals surface area contributed by atoms with Crippen LogP contribution in [-0.4, -0.2) is 20.0 Å². The van der Waals surface area contributed by atoms with E-state index in [0.717, 1.165) is 12.8 Å². The van der Waals surface area contributed by atoms with Gasteiger partial charge in [-0.3, -0.25) is 8.76 Å². The van der Waals surface area contributed by atoms with E-state index in [0.29, 0.717) is 6.42 Å². The fourth-order valence-corrected chi connectivity index (χ4v) is 1.49. The zero-order valence-corrected chi connectivity index (χ0v) is 8.92. The Kier molecular flexibility index (Phi) is 5.63. The highest BCUT2D eigenvalue weighted by atomic mass is 32.2. The topological polar surface area (TPSA) is 60.4 Å². The lowest BCUT2D eigenvalue weighted by atomic mass is 10.2. The van der Waals surface area contributed by atoms with Gasteiger partial charge in [-0.05, 0) is 6.42 Å². The Morgan fingerprint density at radius 1 is 1.50 bits per heavy atom. The number of hydrogen-bond acceptors (Lipinski definition) is 4. The van der Waals surface area contributed by atoms with Crippen molar-refractivity contribution in [1.82, 2.24) is 0 Å². The molecule has 0 aromatic rings. The number of carbonyl (C=O) groups is 1.